The van der Waals surface area contributed by atoms with Gasteiger partial charge in [-0.2, -0.15) is 0 Å². The number of aromatic nitrogens is 1. The van der Waals surface area contributed by atoms with E-state index in [-0.39, 0.29) is 11.0 Å². The summed E-state index contributed by atoms with van der Waals surface area (Å²) >= 11 is 10.1. The van der Waals surface area contributed by atoms with Gasteiger partial charge in [-0.05, 0) is 49.8 Å². The molecular formula is C19H16BrN3OS2. The van der Waals surface area contributed by atoms with Crippen LogP contribution >= 0.6 is 39.5 Å². The second-order valence-electron chi connectivity index (χ2n) is 5.77. The number of carbonyl (C=O) groups excluding carboxylic acids is 1. The topological polar surface area (TPSA) is 54.0 Å². The van der Waals surface area contributed by atoms with E-state index in [0.29, 0.717) is 10.7 Å². The Morgan fingerprint density at radius 1 is 1.15 bits per heavy atom. The average molecular weight is 446 g/mol. The van der Waals surface area contributed by atoms with Gasteiger partial charge in [-0.1, -0.05) is 45.8 Å². The molecule has 0 bridgehead atoms. The molecule has 2 aromatic carbocycles. The molecule has 0 atom stereocenters. The Labute approximate surface area is 169 Å². The van der Waals surface area contributed by atoms with Crippen LogP contribution in [0.1, 0.15) is 21.5 Å². The molecule has 0 aliphatic carbocycles. The number of nitrogens with zero attached hydrogens (tertiary/aromatic N) is 1. The first-order valence-electron chi connectivity index (χ1n) is 7.83. The summed E-state index contributed by atoms with van der Waals surface area (Å²) in [4.78, 5) is 16.9. The van der Waals surface area contributed by atoms with Crippen molar-refractivity contribution < 1.29 is 4.79 Å². The monoisotopic (exact) mass is 445 g/mol. The minimum absolute atomic E-state index is 0.228. The molecule has 0 spiro atoms. The van der Waals surface area contributed by atoms with Gasteiger partial charge in [0.15, 0.2) is 10.2 Å². The van der Waals surface area contributed by atoms with E-state index >= 15 is 0 Å². The Kier molecular flexibility index (Phi) is 5.80. The number of thiocarbonyl (C=S) groups is 1. The molecule has 0 saturated heterocycles. The molecule has 26 heavy (non-hydrogen) atoms. The molecule has 132 valence electrons. The maximum Gasteiger partial charge on any atom is 0.257 e. The first-order valence-corrected chi connectivity index (χ1v) is 9.91. The molecule has 0 unspecified atom stereocenters. The van der Waals surface area contributed by atoms with E-state index in [4.69, 9.17) is 12.2 Å². The second kappa shape index (κ2) is 8.07. The van der Waals surface area contributed by atoms with E-state index in [1.165, 1.54) is 11.3 Å². The van der Waals surface area contributed by atoms with Gasteiger partial charge in [0.05, 0.1) is 5.69 Å². The summed E-state index contributed by atoms with van der Waals surface area (Å²) in [6, 6.07) is 13.6. The number of amides is 1. The quantitative estimate of drug-likeness (QED) is 0.535. The van der Waals surface area contributed by atoms with Gasteiger partial charge < -0.3 is 5.32 Å². The van der Waals surface area contributed by atoms with E-state index in [1.807, 2.05) is 55.6 Å². The Morgan fingerprint density at radius 2 is 1.88 bits per heavy atom. The molecule has 0 saturated carbocycles. The summed E-state index contributed by atoms with van der Waals surface area (Å²) in [7, 11) is 0. The van der Waals surface area contributed by atoms with Gasteiger partial charge in [0.1, 0.15) is 0 Å². The van der Waals surface area contributed by atoms with Crippen LogP contribution in [0.2, 0.25) is 0 Å². The van der Waals surface area contributed by atoms with Crippen molar-refractivity contribution in [1.82, 2.24) is 10.3 Å². The van der Waals surface area contributed by atoms with Crippen LogP contribution in [0.4, 0.5) is 5.13 Å². The van der Waals surface area contributed by atoms with E-state index in [1.54, 1.807) is 6.07 Å². The van der Waals surface area contributed by atoms with E-state index in [2.05, 4.69) is 31.5 Å². The third-order valence-corrected chi connectivity index (χ3v) is 5.21. The SMILES string of the molecule is Cc1ccc(C(=O)NC(=S)Nc2nc(-c3ccc(Br)cc3)cs2)c(C)c1. The normalized spacial score (nSPS) is 10.4. The second-order valence-corrected chi connectivity index (χ2v) is 7.95. The highest BCUT2D eigenvalue weighted by atomic mass is 79.9. The van der Waals surface area contributed by atoms with Crippen molar-refractivity contribution in [3.8, 4) is 11.3 Å². The Hall–Kier alpha value is -2.09. The lowest BCUT2D eigenvalue weighted by Gasteiger charge is -2.09. The van der Waals surface area contributed by atoms with Crippen molar-refractivity contribution in [2.75, 3.05) is 5.32 Å². The van der Waals surface area contributed by atoms with Crippen LogP contribution in [0.5, 0.6) is 0 Å². The number of hydrogen-bond donors (Lipinski definition) is 2. The van der Waals surface area contributed by atoms with Crippen LogP contribution in [-0.4, -0.2) is 16.0 Å². The molecule has 3 rings (SSSR count). The summed E-state index contributed by atoms with van der Waals surface area (Å²) in [6.07, 6.45) is 0. The zero-order valence-corrected chi connectivity index (χ0v) is 17.4. The summed E-state index contributed by atoms with van der Waals surface area (Å²) < 4.78 is 1.02. The van der Waals surface area contributed by atoms with Crippen molar-refractivity contribution in [3.05, 3.63) is 69.0 Å². The molecular weight excluding hydrogens is 430 g/mol. The minimum Gasteiger partial charge on any atom is -0.308 e. The minimum atomic E-state index is -0.232. The van der Waals surface area contributed by atoms with Gasteiger partial charge in [0.2, 0.25) is 0 Å². The fraction of sp³-hybridized carbons (Fsp3) is 0.105. The number of halogens is 1. The van der Waals surface area contributed by atoms with E-state index < -0.39 is 0 Å². The van der Waals surface area contributed by atoms with Crippen LogP contribution in [0.25, 0.3) is 11.3 Å². The fourth-order valence-corrected chi connectivity index (χ4v) is 3.69. The van der Waals surface area contributed by atoms with E-state index in [0.717, 1.165) is 26.9 Å². The number of anilines is 1. The van der Waals surface area contributed by atoms with Gasteiger partial charge in [0, 0.05) is 21.0 Å². The number of rotatable bonds is 3. The molecule has 0 fully saturated rings. The number of carbonyl (C=O) groups is 1. The lowest BCUT2D eigenvalue weighted by molar-refractivity contribution is 0.0977. The third kappa shape index (κ3) is 4.55. The maximum absolute atomic E-state index is 12.4. The lowest BCUT2D eigenvalue weighted by atomic mass is 10.1. The molecule has 1 heterocycles. The van der Waals surface area contributed by atoms with Gasteiger partial charge in [0.25, 0.3) is 5.91 Å². The standard InChI is InChI=1S/C19H16BrN3OS2/c1-11-3-8-15(12(2)9-11)17(24)22-18(25)23-19-21-16(10-26-19)13-4-6-14(20)7-5-13/h3-10H,1-2H3,(H2,21,22,23,24,25). The number of nitrogens with one attached hydrogen (secondary N) is 2. The lowest BCUT2D eigenvalue weighted by Crippen LogP contribution is -2.34. The smallest absolute Gasteiger partial charge is 0.257 e. The van der Waals surface area contributed by atoms with Crippen molar-refractivity contribution >= 4 is 55.6 Å². The Morgan fingerprint density at radius 3 is 2.58 bits per heavy atom. The maximum atomic E-state index is 12.4. The highest BCUT2D eigenvalue weighted by Crippen LogP contribution is 2.26. The Balaban J connectivity index is 1.65. The fourth-order valence-electron chi connectivity index (χ4n) is 2.45. The summed E-state index contributed by atoms with van der Waals surface area (Å²) in [6.45, 7) is 3.90. The largest absolute Gasteiger partial charge is 0.308 e. The summed E-state index contributed by atoms with van der Waals surface area (Å²) in [5.41, 5.74) is 4.51. The number of hydrogen-bond acceptors (Lipinski definition) is 4. The number of benzene rings is 2. The average Bonchev–Trinajstić information content (AvgIpc) is 3.03. The zero-order chi connectivity index (χ0) is 18.7. The highest BCUT2D eigenvalue weighted by molar-refractivity contribution is 9.10. The highest BCUT2D eigenvalue weighted by Gasteiger charge is 2.12. The van der Waals surface area contributed by atoms with Crippen LogP contribution in [-0.2, 0) is 0 Å². The first-order chi connectivity index (χ1) is 12.4. The molecule has 3 aromatic rings. The Bertz CT molecular complexity index is 967. The van der Waals surface area contributed by atoms with Gasteiger partial charge >= 0.3 is 0 Å². The molecule has 4 nitrogen and oxygen atoms in total. The van der Waals surface area contributed by atoms with E-state index in [9.17, 15) is 4.79 Å². The third-order valence-electron chi connectivity index (χ3n) is 3.72. The van der Waals surface area contributed by atoms with Crippen molar-refractivity contribution in [1.29, 1.82) is 0 Å². The van der Waals surface area contributed by atoms with Crippen molar-refractivity contribution in [2.24, 2.45) is 0 Å². The van der Waals surface area contributed by atoms with Crippen molar-refractivity contribution in [3.63, 3.8) is 0 Å². The van der Waals surface area contributed by atoms with Gasteiger partial charge in [-0.15, -0.1) is 11.3 Å². The molecule has 2 N–H and O–H groups in total. The summed E-state index contributed by atoms with van der Waals surface area (Å²) in [5.74, 6) is -0.232. The zero-order valence-electron chi connectivity index (χ0n) is 14.2. The molecule has 1 aromatic heterocycles. The van der Waals surface area contributed by atoms with Crippen LogP contribution in [0.3, 0.4) is 0 Å². The number of aryl methyl sites for hydroxylation is 2. The molecule has 0 aliphatic heterocycles. The molecule has 7 heteroatoms. The van der Waals surface area contributed by atoms with Gasteiger partial charge in [-0.25, -0.2) is 4.98 Å². The van der Waals surface area contributed by atoms with Gasteiger partial charge in [-0.3, -0.25) is 10.1 Å². The van der Waals surface area contributed by atoms with Crippen LogP contribution in [0, 0.1) is 13.8 Å². The predicted octanol–water partition coefficient (Wildman–Crippen LogP) is 5.32. The molecule has 1 amide bonds. The van der Waals surface area contributed by atoms with Crippen molar-refractivity contribution in [2.45, 2.75) is 13.8 Å². The first kappa shape index (κ1) is 18.7. The molecule has 0 radical (unpaired) electrons. The number of thiazole rings is 1. The van der Waals surface area contributed by atoms with Crippen LogP contribution < -0.4 is 10.6 Å². The predicted molar refractivity (Wildman–Crippen MR) is 115 cm³/mol. The van der Waals surface area contributed by atoms with Crippen LogP contribution in [0.15, 0.2) is 52.3 Å². The summed E-state index contributed by atoms with van der Waals surface area (Å²) in [5, 5.41) is 8.48. The molecule has 0 aliphatic rings.